The highest BCUT2D eigenvalue weighted by Crippen LogP contribution is 2.33. The number of halogens is 2. The van der Waals surface area contributed by atoms with Gasteiger partial charge in [0.1, 0.15) is 5.69 Å². The Morgan fingerprint density at radius 3 is 2.79 bits per heavy atom. The third-order valence-electron chi connectivity index (χ3n) is 4.40. The summed E-state index contributed by atoms with van der Waals surface area (Å²) in [6.07, 6.45) is 3.51. The smallest absolute Gasteiger partial charge is 0.274 e. The van der Waals surface area contributed by atoms with Gasteiger partial charge in [-0.2, -0.15) is 0 Å². The standard InChI is InChI=1S/C17H21F2N7O3/c1-11-6-22-13(7-21-11)16(28)26-10-17(18,19)5-12(26)8-25-9-14(23-24-25)15(27)20-3-4-29-2/h6-7,9,12H,3-5,8,10H2,1-2H3,(H,20,27)/t12-/m0/s1. The molecule has 1 N–H and O–H groups in total. The van der Waals surface area contributed by atoms with Gasteiger partial charge in [-0.15, -0.1) is 5.10 Å². The molecule has 0 aromatic carbocycles. The van der Waals surface area contributed by atoms with Crippen LogP contribution < -0.4 is 5.32 Å². The van der Waals surface area contributed by atoms with Crippen LogP contribution in [0.5, 0.6) is 0 Å². The van der Waals surface area contributed by atoms with Crippen LogP contribution in [0.1, 0.15) is 33.1 Å². The fourth-order valence-corrected chi connectivity index (χ4v) is 3.01. The number of ether oxygens (including phenoxy) is 1. The second kappa shape index (κ2) is 8.55. The number of nitrogens with one attached hydrogen (secondary N) is 1. The molecule has 10 nitrogen and oxygen atoms in total. The Balaban J connectivity index is 1.70. The molecule has 0 aliphatic carbocycles. The maximum atomic E-state index is 14.0. The Hall–Kier alpha value is -3.02. The van der Waals surface area contributed by atoms with E-state index in [0.29, 0.717) is 18.8 Å². The van der Waals surface area contributed by atoms with E-state index in [-0.39, 0.29) is 17.9 Å². The van der Waals surface area contributed by atoms with E-state index in [0.717, 1.165) is 4.90 Å². The molecule has 2 aromatic rings. The van der Waals surface area contributed by atoms with E-state index < -0.39 is 36.7 Å². The molecule has 0 bridgehead atoms. The van der Waals surface area contributed by atoms with Crippen LogP contribution in [-0.2, 0) is 11.3 Å². The van der Waals surface area contributed by atoms with Crippen LogP contribution in [0.4, 0.5) is 8.78 Å². The molecule has 3 heterocycles. The summed E-state index contributed by atoms with van der Waals surface area (Å²) in [7, 11) is 1.51. The summed E-state index contributed by atoms with van der Waals surface area (Å²) >= 11 is 0. The monoisotopic (exact) mass is 409 g/mol. The highest BCUT2D eigenvalue weighted by atomic mass is 19.3. The molecule has 1 aliphatic heterocycles. The van der Waals surface area contributed by atoms with Gasteiger partial charge in [0, 0.05) is 26.3 Å². The molecular formula is C17H21F2N7O3. The van der Waals surface area contributed by atoms with Crippen molar-refractivity contribution >= 4 is 11.8 Å². The van der Waals surface area contributed by atoms with Crippen molar-refractivity contribution in [3.05, 3.63) is 35.7 Å². The molecular weight excluding hydrogens is 388 g/mol. The minimum Gasteiger partial charge on any atom is -0.383 e. The predicted octanol–water partition coefficient (Wildman–Crippen LogP) is 0.303. The van der Waals surface area contributed by atoms with Gasteiger partial charge in [-0.05, 0) is 6.92 Å². The fourth-order valence-electron chi connectivity index (χ4n) is 3.01. The molecule has 1 fully saturated rings. The van der Waals surface area contributed by atoms with Crippen molar-refractivity contribution in [3.8, 4) is 0 Å². The molecule has 2 amide bonds. The van der Waals surface area contributed by atoms with Gasteiger partial charge in [-0.3, -0.25) is 14.6 Å². The topological polar surface area (TPSA) is 115 Å². The maximum Gasteiger partial charge on any atom is 0.274 e. The minimum absolute atomic E-state index is 0.00454. The van der Waals surface area contributed by atoms with Crippen LogP contribution in [0, 0.1) is 6.92 Å². The molecule has 29 heavy (non-hydrogen) atoms. The molecule has 0 saturated carbocycles. The second-order valence-corrected chi connectivity index (χ2v) is 6.76. The summed E-state index contributed by atoms with van der Waals surface area (Å²) in [5.41, 5.74) is 0.659. The van der Waals surface area contributed by atoms with Crippen molar-refractivity contribution in [2.75, 3.05) is 26.8 Å². The van der Waals surface area contributed by atoms with E-state index in [1.165, 1.54) is 30.4 Å². The molecule has 0 unspecified atom stereocenters. The van der Waals surface area contributed by atoms with Gasteiger partial charge < -0.3 is 15.0 Å². The zero-order valence-electron chi connectivity index (χ0n) is 16.0. The third kappa shape index (κ3) is 5.08. The Bertz CT molecular complexity index is 872. The van der Waals surface area contributed by atoms with Gasteiger partial charge in [-0.1, -0.05) is 5.21 Å². The number of likely N-dealkylation sites (tertiary alicyclic amines) is 1. The van der Waals surface area contributed by atoms with Gasteiger partial charge in [0.15, 0.2) is 5.69 Å². The van der Waals surface area contributed by atoms with E-state index in [4.69, 9.17) is 4.74 Å². The number of rotatable bonds is 7. The fraction of sp³-hybridized carbons (Fsp3) is 0.529. The van der Waals surface area contributed by atoms with Gasteiger partial charge >= 0.3 is 0 Å². The molecule has 156 valence electrons. The van der Waals surface area contributed by atoms with Crippen molar-refractivity contribution in [1.82, 2.24) is 35.2 Å². The summed E-state index contributed by atoms with van der Waals surface area (Å²) in [4.78, 5) is 33.7. The lowest BCUT2D eigenvalue weighted by Gasteiger charge is -2.23. The molecule has 1 atom stereocenters. The summed E-state index contributed by atoms with van der Waals surface area (Å²) in [5.74, 6) is -4.11. The molecule has 12 heteroatoms. The van der Waals surface area contributed by atoms with Crippen molar-refractivity contribution in [3.63, 3.8) is 0 Å². The normalized spacial score (nSPS) is 18.1. The Morgan fingerprint density at radius 2 is 2.10 bits per heavy atom. The zero-order chi connectivity index (χ0) is 21.0. The molecule has 1 aliphatic rings. The van der Waals surface area contributed by atoms with Gasteiger partial charge in [0.2, 0.25) is 0 Å². The lowest BCUT2D eigenvalue weighted by molar-refractivity contribution is 0.0116. The number of nitrogens with zero attached hydrogens (tertiary/aromatic N) is 6. The second-order valence-electron chi connectivity index (χ2n) is 6.76. The Kier molecular flexibility index (Phi) is 6.11. The quantitative estimate of drug-likeness (QED) is 0.654. The number of alkyl halides is 2. The molecule has 2 aromatic heterocycles. The van der Waals surface area contributed by atoms with E-state index in [1.807, 2.05) is 0 Å². The first kappa shape index (κ1) is 20.7. The van der Waals surface area contributed by atoms with Crippen LogP contribution in [0.25, 0.3) is 0 Å². The first-order valence-corrected chi connectivity index (χ1v) is 8.94. The number of methoxy groups -OCH3 is 1. The number of hydrogen-bond donors (Lipinski definition) is 1. The number of amides is 2. The Morgan fingerprint density at radius 1 is 1.31 bits per heavy atom. The highest BCUT2D eigenvalue weighted by Gasteiger charge is 2.47. The maximum absolute atomic E-state index is 14.0. The average molecular weight is 409 g/mol. The van der Waals surface area contributed by atoms with Crippen molar-refractivity contribution in [2.24, 2.45) is 0 Å². The SMILES string of the molecule is COCCNC(=O)c1cn(C[C@@H]2CC(F)(F)CN2C(=O)c2cnc(C)cn2)nn1. The first-order valence-electron chi connectivity index (χ1n) is 8.94. The van der Waals surface area contributed by atoms with Crippen molar-refractivity contribution < 1.29 is 23.1 Å². The van der Waals surface area contributed by atoms with Gasteiger partial charge in [0.05, 0.1) is 43.8 Å². The first-order chi connectivity index (χ1) is 13.8. The lowest BCUT2D eigenvalue weighted by Crippen LogP contribution is -2.39. The van der Waals surface area contributed by atoms with E-state index in [2.05, 4.69) is 25.6 Å². The molecule has 0 radical (unpaired) electrons. The third-order valence-corrected chi connectivity index (χ3v) is 4.40. The number of aromatic nitrogens is 5. The molecule has 1 saturated heterocycles. The average Bonchev–Trinajstić information content (AvgIpc) is 3.26. The predicted molar refractivity (Wildman–Crippen MR) is 95.4 cm³/mol. The molecule has 3 rings (SSSR count). The van der Waals surface area contributed by atoms with Gasteiger partial charge in [-0.25, -0.2) is 18.4 Å². The number of aryl methyl sites for hydroxylation is 1. The number of carbonyl (C=O) groups excluding carboxylic acids is 2. The zero-order valence-corrected chi connectivity index (χ0v) is 16.0. The van der Waals surface area contributed by atoms with Crippen LogP contribution >= 0.6 is 0 Å². The summed E-state index contributed by atoms with van der Waals surface area (Å²) < 4.78 is 34.2. The van der Waals surface area contributed by atoms with Crippen molar-refractivity contribution in [2.45, 2.75) is 31.9 Å². The van der Waals surface area contributed by atoms with Crippen LogP contribution in [0.2, 0.25) is 0 Å². The molecule has 0 spiro atoms. The summed E-state index contributed by atoms with van der Waals surface area (Å²) in [5, 5.41) is 10.2. The van der Waals surface area contributed by atoms with E-state index >= 15 is 0 Å². The number of carbonyl (C=O) groups is 2. The Labute approximate surface area is 165 Å². The van der Waals surface area contributed by atoms with Crippen LogP contribution in [-0.4, -0.2) is 80.4 Å². The lowest BCUT2D eigenvalue weighted by atomic mass is 10.2. The van der Waals surface area contributed by atoms with Crippen LogP contribution in [0.15, 0.2) is 18.6 Å². The van der Waals surface area contributed by atoms with E-state index in [9.17, 15) is 18.4 Å². The van der Waals surface area contributed by atoms with Crippen molar-refractivity contribution in [1.29, 1.82) is 0 Å². The number of hydrogen-bond acceptors (Lipinski definition) is 7. The van der Waals surface area contributed by atoms with E-state index in [1.54, 1.807) is 6.92 Å². The minimum atomic E-state index is -3.03. The van der Waals surface area contributed by atoms with Crippen LogP contribution in [0.3, 0.4) is 0 Å². The highest BCUT2D eigenvalue weighted by molar-refractivity contribution is 5.92. The largest absolute Gasteiger partial charge is 0.383 e. The van der Waals surface area contributed by atoms with Gasteiger partial charge in [0.25, 0.3) is 17.7 Å². The summed E-state index contributed by atoms with van der Waals surface area (Å²) in [6.45, 7) is 1.61. The summed E-state index contributed by atoms with van der Waals surface area (Å²) in [6, 6.07) is -0.827.